The second-order valence-electron chi connectivity index (χ2n) is 10.8. The summed E-state index contributed by atoms with van der Waals surface area (Å²) < 4.78 is 58.2. The highest BCUT2D eigenvalue weighted by Gasteiger charge is 2.53. The van der Waals surface area contributed by atoms with Gasteiger partial charge in [-0.3, -0.25) is 0 Å². The van der Waals surface area contributed by atoms with Crippen LogP contribution in [0.5, 0.6) is 17.2 Å². The zero-order chi connectivity index (χ0) is 31.3. The van der Waals surface area contributed by atoms with Gasteiger partial charge in [-0.25, -0.2) is 4.79 Å². The van der Waals surface area contributed by atoms with Gasteiger partial charge < -0.3 is 24.4 Å². The Morgan fingerprint density at radius 1 is 0.778 bits per heavy atom. The number of nitrogens with one attached hydrogen (secondary N) is 1. The summed E-state index contributed by atoms with van der Waals surface area (Å²) in [5.41, 5.74) is 2.81. The summed E-state index contributed by atoms with van der Waals surface area (Å²) in [7, 11) is 1.62. The highest BCUT2D eigenvalue weighted by Crippen LogP contribution is 2.57. The average molecular weight is 609 g/mol. The SMILES string of the molecule is CCN(c1ccc(OC)cc1)c1ccc2c(c1)Oc1ccc(Nc3cccc(C(F)(F)F)c3)cc1C21OC(=O)c2ccccc21. The number of anilines is 4. The first kappa shape index (κ1) is 28.3. The topological polar surface area (TPSA) is 60.0 Å². The van der Waals surface area contributed by atoms with E-state index in [4.69, 9.17) is 14.2 Å². The molecule has 1 atom stereocenters. The molecule has 0 amide bonds. The number of esters is 1. The maximum absolute atomic E-state index is 13.4. The molecule has 0 saturated carbocycles. The van der Waals surface area contributed by atoms with E-state index in [-0.39, 0.29) is 5.69 Å². The number of methoxy groups -OCH3 is 1. The molecular weight excluding hydrogens is 581 g/mol. The van der Waals surface area contributed by atoms with Gasteiger partial charge in [-0.05, 0) is 85.8 Å². The average Bonchev–Trinajstić information content (AvgIpc) is 3.34. The van der Waals surface area contributed by atoms with Crippen molar-refractivity contribution in [1.82, 2.24) is 0 Å². The van der Waals surface area contributed by atoms with Crippen LogP contribution in [0.15, 0.2) is 109 Å². The Kier molecular flexibility index (Phi) is 6.69. The molecule has 0 aliphatic carbocycles. The van der Waals surface area contributed by atoms with Crippen LogP contribution >= 0.6 is 0 Å². The van der Waals surface area contributed by atoms with Gasteiger partial charge in [-0.2, -0.15) is 13.2 Å². The van der Waals surface area contributed by atoms with Crippen molar-refractivity contribution in [3.05, 3.63) is 137 Å². The third kappa shape index (κ3) is 4.71. The second kappa shape index (κ2) is 10.6. The van der Waals surface area contributed by atoms with Crippen LogP contribution < -0.4 is 19.7 Å². The van der Waals surface area contributed by atoms with Crippen LogP contribution in [-0.2, 0) is 16.5 Å². The lowest BCUT2D eigenvalue weighted by Crippen LogP contribution is -2.33. The van der Waals surface area contributed by atoms with E-state index in [0.717, 1.165) is 29.3 Å². The molecule has 2 heterocycles. The van der Waals surface area contributed by atoms with Gasteiger partial charge in [0.25, 0.3) is 0 Å². The summed E-state index contributed by atoms with van der Waals surface area (Å²) in [5.74, 6) is 1.27. The Hall–Kier alpha value is -5.44. The highest BCUT2D eigenvalue weighted by molar-refractivity contribution is 5.97. The van der Waals surface area contributed by atoms with Gasteiger partial charge in [0.2, 0.25) is 0 Å². The Morgan fingerprint density at radius 2 is 1.53 bits per heavy atom. The molecule has 0 saturated heterocycles. The van der Waals surface area contributed by atoms with Crippen LogP contribution in [0.2, 0.25) is 0 Å². The fourth-order valence-electron chi connectivity index (χ4n) is 6.12. The van der Waals surface area contributed by atoms with Crippen LogP contribution in [0, 0.1) is 0 Å². The van der Waals surface area contributed by atoms with E-state index < -0.39 is 23.3 Å². The molecule has 45 heavy (non-hydrogen) atoms. The number of carbonyl (C=O) groups excluding carboxylic acids is 1. The van der Waals surface area contributed by atoms with Gasteiger partial charge >= 0.3 is 12.1 Å². The molecule has 9 heteroatoms. The molecule has 2 aliphatic heterocycles. The predicted octanol–water partition coefficient (Wildman–Crippen LogP) is 9.18. The van der Waals surface area contributed by atoms with Gasteiger partial charge in [-0.15, -0.1) is 0 Å². The van der Waals surface area contributed by atoms with E-state index in [1.165, 1.54) is 6.07 Å². The van der Waals surface area contributed by atoms with E-state index in [0.29, 0.717) is 46.0 Å². The third-order valence-electron chi connectivity index (χ3n) is 8.19. The number of hydrogen-bond donors (Lipinski definition) is 1. The van der Waals surface area contributed by atoms with E-state index in [1.54, 1.807) is 43.5 Å². The lowest BCUT2D eigenvalue weighted by Gasteiger charge is -2.37. The lowest BCUT2D eigenvalue weighted by atomic mass is 9.77. The number of fused-ring (bicyclic) bond motifs is 6. The predicted molar refractivity (Wildman–Crippen MR) is 165 cm³/mol. The lowest BCUT2D eigenvalue weighted by molar-refractivity contribution is -0.137. The van der Waals surface area contributed by atoms with E-state index in [9.17, 15) is 18.0 Å². The zero-order valence-corrected chi connectivity index (χ0v) is 24.3. The van der Waals surface area contributed by atoms with Crippen molar-refractivity contribution in [2.75, 3.05) is 23.9 Å². The Balaban J connectivity index is 1.34. The molecule has 2 aliphatic rings. The van der Waals surface area contributed by atoms with Crippen molar-refractivity contribution in [1.29, 1.82) is 0 Å². The van der Waals surface area contributed by atoms with Crippen molar-refractivity contribution < 1.29 is 32.2 Å². The first-order valence-corrected chi connectivity index (χ1v) is 14.4. The quantitative estimate of drug-likeness (QED) is 0.194. The minimum Gasteiger partial charge on any atom is -0.497 e. The number of alkyl halides is 3. The first-order valence-electron chi connectivity index (χ1n) is 14.4. The number of carbonyl (C=O) groups is 1. The van der Waals surface area contributed by atoms with Gasteiger partial charge in [-0.1, -0.05) is 24.3 Å². The summed E-state index contributed by atoms with van der Waals surface area (Å²) in [4.78, 5) is 15.4. The Labute approximate surface area is 257 Å². The molecule has 1 N–H and O–H groups in total. The molecule has 7 rings (SSSR count). The van der Waals surface area contributed by atoms with Crippen molar-refractivity contribution in [2.24, 2.45) is 0 Å². The van der Waals surface area contributed by atoms with Gasteiger partial charge in [0.05, 0.1) is 18.2 Å². The van der Waals surface area contributed by atoms with Crippen LogP contribution in [0.1, 0.15) is 39.5 Å². The van der Waals surface area contributed by atoms with Gasteiger partial charge in [0.1, 0.15) is 17.2 Å². The minimum absolute atomic E-state index is 0.266. The third-order valence-corrected chi connectivity index (χ3v) is 8.19. The van der Waals surface area contributed by atoms with Crippen molar-refractivity contribution in [3.8, 4) is 17.2 Å². The maximum Gasteiger partial charge on any atom is 0.416 e. The normalized spacial score (nSPS) is 16.2. The number of ether oxygens (including phenoxy) is 3. The molecule has 1 unspecified atom stereocenters. The molecule has 5 aromatic rings. The molecule has 0 bridgehead atoms. The van der Waals surface area contributed by atoms with Crippen LogP contribution in [0.3, 0.4) is 0 Å². The summed E-state index contributed by atoms with van der Waals surface area (Å²) in [6.07, 6.45) is -4.48. The minimum atomic E-state index is -4.48. The van der Waals surface area contributed by atoms with Gasteiger partial charge in [0, 0.05) is 52.1 Å². The molecule has 6 nitrogen and oxygen atoms in total. The molecule has 226 valence electrons. The Morgan fingerprint density at radius 3 is 2.29 bits per heavy atom. The van der Waals surface area contributed by atoms with E-state index >= 15 is 0 Å². The molecule has 0 aromatic heterocycles. The molecule has 0 fully saturated rings. The number of rotatable bonds is 6. The maximum atomic E-state index is 13.4. The zero-order valence-electron chi connectivity index (χ0n) is 24.3. The van der Waals surface area contributed by atoms with E-state index in [2.05, 4.69) is 17.1 Å². The smallest absolute Gasteiger partial charge is 0.416 e. The van der Waals surface area contributed by atoms with Crippen molar-refractivity contribution in [3.63, 3.8) is 0 Å². The highest BCUT2D eigenvalue weighted by atomic mass is 19.4. The number of benzene rings is 5. The fraction of sp³-hybridized carbons (Fsp3) is 0.139. The summed E-state index contributed by atoms with van der Waals surface area (Å²) >= 11 is 0. The largest absolute Gasteiger partial charge is 0.497 e. The summed E-state index contributed by atoms with van der Waals surface area (Å²) in [6.45, 7) is 2.73. The second-order valence-corrected chi connectivity index (χ2v) is 10.8. The van der Waals surface area contributed by atoms with Crippen LogP contribution in [0.25, 0.3) is 0 Å². The molecule has 0 radical (unpaired) electrons. The number of hydrogen-bond acceptors (Lipinski definition) is 6. The fourth-order valence-corrected chi connectivity index (χ4v) is 6.12. The molecule has 1 spiro atoms. The molecular formula is C36H27F3N2O4. The number of nitrogens with zero attached hydrogens (tertiary/aromatic N) is 1. The summed E-state index contributed by atoms with van der Waals surface area (Å²) in [6, 6.07) is 31.0. The van der Waals surface area contributed by atoms with Crippen LogP contribution in [-0.4, -0.2) is 19.6 Å². The van der Waals surface area contributed by atoms with Crippen molar-refractivity contribution in [2.45, 2.75) is 18.7 Å². The van der Waals surface area contributed by atoms with Crippen molar-refractivity contribution >= 4 is 28.7 Å². The monoisotopic (exact) mass is 608 g/mol. The van der Waals surface area contributed by atoms with Crippen LogP contribution in [0.4, 0.5) is 35.9 Å². The first-order chi connectivity index (χ1) is 21.7. The molecule has 5 aromatic carbocycles. The summed E-state index contributed by atoms with van der Waals surface area (Å²) in [5, 5.41) is 3.08. The Bertz CT molecular complexity index is 1940. The van der Waals surface area contributed by atoms with E-state index in [1.807, 2.05) is 54.6 Å². The van der Waals surface area contributed by atoms with Gasteiger partial charge in [0.15, 0.2) is 5.60 Å². The number of halogens is 3. The standard InChI is InChI=1S/C36H27F3N2O4/c1-3-41(25-12-15-27(43-2)16-13-25)26-14-17-30-33(21-26)44-32-18-11-24(40-23-8-6-7-22(19-23)36(37,38)39)20-31(32)35(30)29-10-5-4-9-28(29)34(42)45-35/h4-21,40H,3H2,1-2H3.